The van der Waals surface area contributed by atoms with E-state index in [1.165, 1.54) is 12.1 Å². The third-order valence-corrected chi connectivity index (χ3v) is 6.46. The molecule has 0 aliphatic carbocycles. The fourth-order valence-corrected chi connectivity index (χ4v) is 4.77. The van der Waals surface area contributed by atoms with Crippen molar-refractivity contribution in [3.8, 4) is 0 Å². The lowest BCUT2D eigenvalue weighted by atomic mass is 10.3. The molecule has 0 unspecified atom stereocenters. The van der Waals surface area contributed by atoms with Crippen LogP contribution < -0.4 is 10.5 Å². The summed E-state index contributed by atoms with van der Waals surface area (Å²) in [6.07, 6.45) is 0. The zero-order chi connectivity index (χ0) is 14.2. The molecule has 3 N–H and O–H groups in total. The number of nitrogens with two attached hydrogens (primary N) is 1. The van der Waals surface area contributed by atoms with Crippen molar-refractivity contribution in [2.75, 3.05) is 10.5 Å². The van der Waals surface area contributed by atoms with Gasteiger partial charge in [-0.25, -0.2) is 12.8 Å². The summed E-state index contributed by atoms with van der Waals surface area (Å²) in [4.78, 5) is 0. The second kappa shape index (κ2) is 5.28. The Hall–Kier alpha value is -0.830. The van der Waals surface area contributed by atoms with Crippen LogP contribution in [0.15, 0.2) is 32.3 Å². The van der Waals surface area contributed by atoms with Gasteiger partial charge in [-0.3, -0.25) is 4.72 Å². The van der Waals surface area contributed by atoms with Gasteiger partial charge in [-0.15, -0.1) is 11.3 Å². The van der Waals surface area contributed by atoms with Crippen molar-refractivity contribution >= 4 is 60.3 Å². The molecule has 0 bridgehead atoms. The predicted molar refractivity (Wildman–Crippen MR) is 78.6 cm³/mol. The summed E-state index contributed by atoms with van der Waals surface area (Å²) < 4.78 is 39.9. The highest BCUT2D eigenvalue weighted by Gasteiger charge is 2.20. The number of sulfonamides is 1. The molecule has 0 spiro atoms. The van der Waals surface area contributed by atoms with Gasteiger partial charge in [-0.05, 0) is 40.2 Å². The number of anilines is 2. The molecule has 0 aliphatic rings. The molecule has 2 aromatic rings. The topological polar surface area (TPSA) is 72.2 Å². The molecular weight excluding hydrogens is 379 g/mol. The second-order valence-corrected chi connectivity index (χ2v) is 8.21. The van der Waals surface area contributed by atoms with Crippen LogP contribution in [0.25, 0.3) is 0 Å². The third kappa shape index (κ3) is 3.19. The van der Waals surface area contributed by atoms with Crippen LogP contribution in [0.5, 0.6) is 0 Å². The molecular formula is C10H7BrClFN2O2S2. The van der Waals surface area contributed by atoms with Crippen molar-refractivity contribution in [1.29, 1.82) is 0 Å². The van der Waals surface area contributed by atoms with Crippen LogP contribution in [-0.2, 0) is 10.0 Å². The van der Waals surface area contributed by atoms with Crippen LogP contribution in [-0.4, -0.2) is 8.42 Å². The van der Waals surface area contributed by atoms with Crippen LogP contribution in [0.3, 0.4) is 0 Å². The first-order valence-electron chi connectivity index (χ1n) is 4.82. The van der Waals surface area contributed by atoms with Crippen LogP contribution >= 0.6 is 38.9 Å². The standard InChI is InChI=1S/C10H7BrClFN2O2S2/c11-10-6(12)4-9(18-10)19(16,17)15-8-2-1-5(13)3-7(8)14/h1-4,15H,14H2. The summed E-state index contributed by atoms with van der Waals surface area (Å²) in [5.74, 6) is -0.539. The lowest BCUT2D eigenvalue weighted by molar-refractivity contribution is 0.603. The lowest BCUT2D eigenvalue weighted by Gasteiger charge is -2.08. The Morgan fingerprint density at radius 1 is 1.37 bits per heavy atom. The number of halogens is 3. The molecule has 0 amide bonds. The van der Waals surface area contributed by atoms with E-state index in [1.54, 1.807) is 0 Å². The quantitative estimate of drug-likeness (QED) is 0.792. The summed E-state index contributed by atoms with van der Waals surface area (Å²) in [5.41, 5.74) is 5.66. The van der Waals surface area contributed by atoms with Crippen molar-refractivity contribution in [2.45, 2.75) is 4.21 Å². The predicted octanol–water partition coefficient (Wildman–Crippen LogP) is 3.69. The molecule has 1 aromatic carbocycles. The highest BCUT2D eigenvalue weighted by molar-refractivity contribution is 9.11. The first kappa shape index (κ1) is 14.6. The number of rotatable bonds is 3. The van der Waals surface area contributed by atoms with Crippen molar-refractivity contribution in [3.05, 3.63) is 38.9 Å². The lowest BCUT2D eigenvalue weighted by Crippen LogP contribution is -2.12. The fraction of sp³-hybridized carbons (Fsp3) is 0. The molecule has 9 heteroatoms. The monoisotopic (exact) mass is 384 g/mol. The zero-order valence-electron chi connectivity index (χ0n) is 9.15. The second-order valence-electron chi connectivity index (χ2n) is 3.52. The van der Waals surface area contributed by atoms with E-state index in [0.29, 0.717) is 8.81 Å². The maximum Gasteiger partial charge on any atom is 0.271 e. The first-order valence-corrected chi connectivity index (χ1v) is 8.29. The Morgan fingerprint density at radius 2 is 2.05 bits per heavy atom. The van der Waals surface area contributed by atoms with E-state index in [9.17, 15) is 12.8 Å². The van der Waals surface area contributed by atoms with Crippen molar-refractivity contribution in [1.82, 2.24) is 0 Å². The molecule has 2 rings (SSSR count). The van der Waals surface area contributed by atoms with Crippen LogP contribution in [0.4, 0.5) is 15.8 Å². The molecule has 4 nitrogen and oxygen atoms in total. The summed E-state index contributed by atoms with van der Waals surface area (Å²) in [5, 5.41) is 0.303. The molecule has 0 aliphatic heterocycles. The Kier molecular flexibility index (Phi) is 4.05. The largest absolute Gasteiger partial charge is 0.397 e. The first-order chi connectivity index (χ1) is 8.79. The van der Waals surface area contributed by atoms with Gasteiger partial charge in [0.05, 0.1) is 20.2 Å². The molecule has 1 aromatic heterocycles. The number of hydrogen-bond donors (Lipinski definition) is 2. The third-order valence-electron chi connectivity index (χ3n) is 2.15. The van der Waals surface area contributed by atoms with E-state index in [0.717, 1.165) is 23.5 Å². The Morgan fingerprint density at radius 3 is 2.58 bits per heavy atom. The number of nitrogen functional groups attached to an aromatic ring is 1. The van der Waals surface area contributed by atoms with E-state index < -0.39 is 15.8 Å². The van der Waals surface area contributed by atoms with Crippen molar-refractivity contribution in [3.63, 3.8) is 0 Å². The summed E-state index contributed by atoms with van der Waals surface area (Å²) in [6, 6.07) is 4.73. The van der Waals surface area contributed by atoms with E-state index in [4.69, 9.17) is 17.3 Å². The van der Waals surface area contributed by atoms with Gasteiger partial charge in [0.15, 0.2) is 0 Å². The fourth-order valence-electron chi connectivity index (χ4n) is 1.28. The highest BCUT2D eigenvalue weighted by Crippen LogP contribution is 2.35. The maximum absolute atomic E-state index is 12.9. The summed E-state index contributed by atoms with van der Waals surface area (Å²) in [6.45, 7) is 0. The van der Waals surface area contributed by atoms with Crippen LogP contribution in [0.1, 0.15) is 0 Å². The average molecular weight is 386 g/mol. The van der Waals surface area contributed by atoms with E-state index in [2.05, 4.69) is 20.7 Å². The maximum atomic E-state index is 12.9. The minimum absolute atomic E-state index is 0.00490. The van der Waals surface area contributed by atoms with Gasteiger partial charge in [0.25, 0.3) is 10.0 Å². The smallest absolute Gasteiger partial charge is 0.271 e. The Balaban J connectivity index is 2.36. The molecule has 19 heavy (non-hydrogen) atoms. The van der Waals surface area contributed by atoms with Gasteiger partial charge in [0, 0.05) is 0 Å². The van der Waals surface area contributed by atoms with Crippen LogP contribution in [0.2, 0.25) is 5.02 Å². The van der Waals surface area contributed by atoms with Gasteiger partial charge in [-0.1, -0.05) is 11.6 Å². The average Bonchev–Trinajstić information content (AvgIpc) is 2.64. The zero-order valence-corrected chi connectivity index (χ0v) is 13.1. The summed E-state index contributed by atoms with van der Waals surface area (Å²) in [7, 11) is -3.80. The van der Waals surface area contributed by atoms with Gasteiger partial charge in [-0.2, -0.15) is 0 Å². The Labute approximate surface area is 126 Å². The molecule has 0 fully saturated rings. The van der Waals surface area contributed by atoms with Gasteiger partial charge in [0.2, 0.25) is 0 Å². The minimum Gasteiger partial charge on any atom is -0.397 e. The molecule has 0 radical (unpaired) electrons. The molecule has 1 heterocycles. The van der Waals surface area contributed by atoms with Crippen molar-refractivity contribution < 1.29 is 12.8 Å². The number of benzene rings is 1. The van der Waals surface area contributed by atoms with Gasteiger partial charge in [0.1, 0.15) is 10.0 Å². The Bertz CT molecular complexity index is 714. The van der Waals surface area contributed by atoms with Gasteiger partial charge >= 0.3 is 0 Å². The molecule has 0 atom stereocenters. The van der Waals surface area contributed by atoms with Crippen molar-refractivity contribution in [2.24, 2.45) is 0 Å². The highest BCUT2D eigenvalue weighted by atomic mass is 79.9. The molecule has 0 saturated carbocycles. The van der Waals surface area contributed by atoms with E-state index >= 15 is 0 Å². The normalized spacial score (nSPS) is 11.5. The minimum atomic E-state index is -3.80. The summed E-state index contributed by atoms with van der Waals surface area (Å²) >= 11 is 9.89. The number of hydrogen-bond acceptors (Lipinski definition) is 4. The molecule has 102 valence electrons. The van der Waals surface area contributed by atoms with E-state index in [-0.39, 0.29) is 15.6 Å². The van der Waals surface area contributed by atoms with Crippen LogP contribution in [0, 0.1) is 5.82 Å². The number of nitrogens with one attached hydrogen (secondary N) is 1. The SMILES string of the molecule is Nc1cc(F)ccc1NS(=O)(=O)c1cc(Cl)c(Br)s1. The van der Waals surface area contributed by atoms with E-state index in [1.807, 2.05) is 0 Å². The number of thiophene rings is 1. The molecule has 0 saturated heterocycles. The van der Waals surface area contributed by atoms with Gasteiger partial charge < -0.3 is 5.73 Å².